The third-order valence-corrected chi connectivity index (χ3v) is 7.08. The topological polar surface area (TPSA) is 111 Å². The number of hydroxylamine groups is 1. The zero-order valence-electron chi connectivity index (χ0n) is 23.2. The van der Waals surface area contributed by atoms with Crippen molar-refractivity contribution >= 4 is 34.6 Å². The highest BCUT2D eigenvalue weighted by atomic mass is 35.5. The van der Waals surface area contributed by atoms with Crippen molar-refractivity contribution in [1.82, 2.24) is 19.5 Å². The molecule has 9 nitrogen and oxygen atoms in total. The minimum atomic E-state index is -4.51. The quantitative estimate of drug-likeness (QED) is 0.213. The highest BCUT2D eigenvalue weighted by Gasteiger charge is 2.30. The fourth-order valence-corrected chi connectivity index (χ4v) is 4.81. The van der Waals surface area contributed by atoms with Crippen LogP contribution in [0.2, 0.25) is 0 Å². The van der Waals surface area contributed by atoms with E-state index >= 15 is 0 Å². The molecule has 226 valence electrons. The molecule has 0 radical (unpaired) electrons. The third-order valence-electron chi connectivity index (χ3n) is 6.85. The monoisotopic (exact) mass is 616 g/mol. The zero-order chi connectivity index (χ0) is 31.3. The molecule has 0 saturated carbocycles. The molecule has 0 aliphatic carbocycles. The first kappa shape index (κ1) is 31.5. The first-order valence-corrected chi connectivity index (χ1v) is 13.6. The summed E-state index contributed by atoms with van der Waals surface area (Å²) >= 11 is 5.56. The molecule has 1 heterocycles. The van der Waals surface area contributed by atoms with Crippen LogP contribution in [0.5, 0.6) is 0 Å². The zero-order valence-corrected chi connectivity index (χ0v) is 23.9. The molecule has 3 aromatic carbocycles. The first-order valence-electron chi connectivity index (χ1n) is 13.3. The lowest BCUT2D eigenvalue weighted by Crippen LogP contribution is -2.41. The predicted octanol–water partition coefficient (Wildman–Crippen LogP) is 4.43. The molecule has 0 aliphatic rings. The lowest BCUT2D eigenvalue weighted by atomic mass is 10.1. The molecule has 13 heteroatoms. The Balaban J connectivity index is 1.56. The van der Waals surface area contributed by atoms with Gasteiger partial charge in [0.15, 0.2) is 0 Å². The van der Waals surface area contributed by atoms with Crippen molar-refractivity contribution in [3.8, 4) is 0 Å². The number of hydrogen-bond acceptors (Lipinski definition) is 6. The molecule has 0 fully saturated rings. The van der Waals surface area contributed by atoms with E-state index in [4.69, 9.17) is 16.6 Å². The molecule has 0 bridgehead atoms. The number of carbonyl (C=O) groups excluding carboxylic acids is 2. The van der Waals surface area contributed by atoms with Crippen LogP contribution in [-0.2, 0) is 35.3 Å². The van der Waals surface area contributed by atoms with E-state index in [1.807, 2.05) is 0 Å². The number of fused-ring (bicyclic) bond motifs is 1. The molecule has 4 aromatic rings. The number of amides is 1. The van der Waals surface area contributed by atoms with Crippen molar-refractivity contribution in [2.24, 2.45) is 5.92 Å². The molecule has 1 atom stereocenters. The number of nitrogens with one attached hydrogen (secondary N) is 2. The second-order valence-corrected chi connectivity index (χ2v) is 10.4. The minimum Gasteiger partial charge on any atom is -0.339 e. The number of hydrogen-bond donors (Lipinski definition) is 2. The number of rotatable bonds is 9. The molecule has 1 aromatic heterocycles. The van der Waals surface area contributed by atoms with Crippen LogP contribution in [0.3, 0.4) is 0 Å². The van der Waals surface area contributed by atoms with E-state index in [0.717, 1.165) is 16.7 Å². The second-order valence-electron chi connectivity index (χ2n) is 10.2. The SMILES string of the molecule is CC(C)C(NCl)C(=O)ONC(=O)c1ccc(Cn2c(=O)n(CCc3cccc(C(F)(F)F)c3)c(=O)c3ccccc32)cc1. The van der Waals surface area contributed by atoms with Crippen molar-refractivity contribution in [3.63, 3.8) is 0 Å². The second kappa shape index (κ2) is 13.3. The van der Waals surface area contributed by atoms with E-state index in [-0.39, 0.29) is 36.4 Å². The summed E-state index contributed by atoms with van der Waals surface area (Å²) in [5.74, 6) is -1.62. The molecule has 43 heavy (non-hydrogen) atoms. The highest BCUT2D eigenvalue weighted by Crippen LogP contribution is 2.29. The summed E-state index contributed by atoms with van der Waals surface area (Å²) in [6, 6.07) is 16.6. The van der Waals surface area contributed by atoms with E-state index < -0.39 is 40.9 Å². The van der Waals surface area contributed by atoms with E-state index in [1.54, 1.807) is 50.2 Å². The number of aryl methyl sites for hydroxylation is 1. The minimum absolute atomic E-state index is 0.0324. The fraction of sp³-hybridized carbons (Fsp3) is 0.267. The van der Waals surface area contributed by atoms with Crippen molar-refractivity contribution in [1.29, 1.82) is 0 Å². The molecular weight excluding hydrogens is 589 g/mol. The Hall–Kier alpha value is -4.42. The summed E-state index contributed by atoms with van der Waals surface area (Å²) in [5, 5.41) is 0.273. The van der Waals surface area contributed by atoms with Crippen molar-refractivity contribution in [2.45, 2.75) is 45.6 Å². The Morgan fingerprint density at radius 3 is 2.28 bits per heavy atom. The average Bonchev–Trinajstić information content (AvgIpc) is 2.98. The van der Waals surface area contributed by atoms with Crippen LogP contribution in [0.25, 0.3) is 10.9 Å². The molecule has 2 N–H and O–H groups in total. The fourth-order valence-electron chi connectivity index (χ4n) is 4.47. The Labute approximate surface area is 248 Å². The number of halogens is 4. The lowest BCUT2D eigenvalue weighted by molar-refractivity contribution is -0.152. The van der Waals surface area contributed by atoms with Crippen LogP contribution >= 0.6 is 11.8 Å². The van der Waals surface area contributed by atoms with Crippen LogP contribution in [0.4, 0.5) is 13.2 Å². The van der Waals surface area contributed by atoms with Gasteiger partial charge in [-0.1, -0.05) is 56.3 Å². The molecule has 0 saturated heterocycles. The molecule has 1 unspecified atom stereocenters. The molecule has 0 aliphatic heterocycles. The number of nitrogens with zero attached hydrogens (tertiary/aromatic N) is 2. The Morgan fingerprint density at radius 1 is 0.930 bits per heavy atom. The third kappa shape index (κ3) is 7.33. The van der Waals surface area contributed by atoms with Crippen molar-refractivity contribution in [3.05, 3.63) is 116 Å². The van der Waals surface area contributed by atoms with E-state index in [0.29, 0.717) is 16.6 Å². The molecule has 0 spiro atoms. The summed E-state index contributed by atoms with van der Waals surface area (Å²) in [6.07, 6.45) is -4.48. The van der Waals surface area contributed by atoms with E-state index in [1.165, 1.54) is 28.8 Å². The normalized spacial score (nSPS) is 12.3. The number of alkyl halides is 3. The van der Waals surface area contributed by atoms with Crippen LogP contribution in [0.15, 0.2) is 82.4 Å². The molecule has 4 rings (SSSR count). The van der Waals surface area contributed by atoms with Gasteiger partial charge in [0.05, 0.1) is 23.0 Å². The summed E-state index contributed by atoms with van der Waals surface area (Å²) < 4.78 is 41.8. The first-order chi connectivity index (χ1) is 20.4. The van der Waals surface area contributed by atoms with Gasteiger partial charge in [0.1, 0.15) is 6.04 Å². The number of aromatic nitrogens is 2. The van der Waals surface area contributed by atoms with Gasteiger partial charge in [-0.3, -0.25) is 18.7 Å². The number of benzene rings is 3. The summed E-state index contributed by atoms with van der Waals surface area (Å²) in [7, 11) is 0. The molecular formula is C30H28ClF3N4O5. The maximum absolute atomic E-state index is 13.5. The van der Waals surface area contributed by atoms with Gasteiger partial charge in [-0.15, -0.1) is 0 Å². The van der Waals surface area contributed by atoms with Gasteiger partial charge >= 0.3 is 17.8 Å². The molecule has 1 amide bonds. The van der Waals surface area contributed by atoms with Gasteiger partial charge in [0.25, 0.3) is 11.5 Å². The maximum atomic E-state index is 13.5. The van der Waals surface area contributed by atoms with E-state index in [9.17, 15) is 32.3 Å². The van der Waals surface area contributed by atoms with Gasteiger partial charge in [-0.2, -0.15) is 18.7 Å². The van der Waals surface area contributed by atoms with Gasteiger partial charge in [0, 0.05) is 12.1 Å². The smallest absolute Gasteiger partial charge is 0.339 e. The largest absolute Gasteiger partial charge is 0.416 e. The Bertz CT molecular complexity index is 1750. The van der Waals surface area contributed by atoms with Crippen LogP contribution < -0.4 is 21.6 Å². The van der Waals surface area contributed by atoms with Crippen molar-refractivity contribution < 1.29 is 27.6 Å². The van der Waals surface area contributed by atoms with Crippen LogP contribution in [0, 0.1) is 5.92 Å². The van der Waals surface area contributed by atoms with Gasteiger partial charge in [-0.05, 0) is 65.6 Å². The highest BCUT2D eigenvalue weighted by molar-refractivity contribution is 6.14. The number of para-hydroxylation sites is 1. The van der Waals surface area contributed by atoms with Gasteiger partial charge in [0.2, 0.25) is 0 Å². The Morgan fingerprint density at radius 2 is 1.63 bits per heavy atom. The van der Waals surface area contributed by atoms with Crippen molar-refractivity contribution in [2.75, 3.05) is 0 Å². The average molecular weight is 617 g/mol. The van der Waals surface area contributed by atoms with Crippen LogP contribution in [-0.4, -0.2) is 27.1 Å². The summed E-state index contributed by atoms with van der Waals surface area (Å²) in [4.78, 5) is 58.5. The summed E-state index contributed by atoms with van der Waals surface area (Å²) in [5.41, 5.74) is 1.61. The van der Waals surface area contributed by atoms with Crippen LogP contribution in [0.1, 0.15) is 40.9 Å². The lowest BCUT2D eigenvalue weighted by Gasteiger charge is -2.16. The maximum Gasteiger partial charge on any atom is 0.416 e. The Kier molecular flexibility index (Phi) is 9.72. The summed E-state index contributed by atoms with van der Waals surface area (Å²) in [6.45, 7) is 3.41. The standard InChI is InChI=1S/C30H28ClF3N4O5/c1-18(2)25(35-31)28(41)43-36-26(39)21-12-10-20(11-13-21)17-38-24-9-4-3-8-23(24)27(40)37(29(38)42)15-14-19-6-5-7-22(16-19)30(32,33)34/h3-13,16,18,25,35H,14-15,17H2,1-2H3,(H,36,39). The van der Waals surface area contributed by atoms with Gasteiger partial charge < -0.3 is 4.84 Å². The van der Waals surface area contributed by atoms with Gasteiger partial charge in [-0.25, -0.2) is 14.4 Å². The predicted molar refractivity (Wildman–Crippen MR) is 154 cm³/mol. The van der Waals surface area contributed by atoms with E-state index in [2.05, 4.69) is 10.3 Å². The number of carbonyl (C=O) groups is 2.